The van der Waals surface area contributed by atoms with Crippen molar-refractivity contribution in [3.63, 3.8) is 0 Å². The van der Waals surface area contributed by atoms with Gasteiger partial charge in [0.25, 0.3) is 0 Å². The molecular formula is C22H21IO6. The first-order valence-corrected chi connectivity index (χ1v) is 9.82. The highest BCUT2D eigenvalue weighted by Gasteiger charge is 2.27. The van der Waals surface area contributed by atoms with Crippen LogP contribution in [0.3, 0.4) is 0 Å². The van der Waals surface area contributed by atoms with Crippen LogP contribution in [0, 0.1) is 9.85 Å². The largest absolute Gasteiger partial charge is 0.458 e. The van der Waals surface area contributed by atoms with Crippen LogP contribution in [0.2, 0.25) is 0 Å². The molecule has 7 heteroatoms. The van der Waals surface area contributed by atoms with Crippen molar-refractivity contribution in [2.24, 2.45) is 0 Å². The van der Waals surface area contributed by atoms with Gasteiger partial charge in [0, 0.05) is 36.8 Å². The minimum atomic E-state index is -0.932. The Morgan fingerprint density at radius 1 is 0.862 bits per heavy atom. The van der Waals surface area contributed by atoms with Crippen LogP contribution in [0.15, 0.2) is 60.7 Å². The number of hydrogen-bond donors (Lipinski definition) is 0. The van der Waals surface area contributed by atoms with Gasteiger partial charge in [-0.1, -0.05) is 60.7 Å². The molecule has 0 aliphatic rings. The van der Waals surface area contributed by atoms with E-state index in [1.165, 1.54) is 14.2 Å². The standard InChI is InChI=1S/C22H21IO6/c1-26-19(16-9-5-3-6-10-16)21(24)28-15-18(13-14-23)29-22(25)20(27-2)17-11-7-4-8-12-17/h3-12,18-20H,15H2,1-2H3/t18-,19-,20-/m1/s1. The van der Waals surface area contributed by atoms with Gasteiger partial charge in [-0.2, -0.15) is 0 Å². The first-order chi connectivity index (χ1) is 14.1. The molecule has 0 saturated heterocycles. The van der Waals surface area contributed by atoms with Crippen LogP contribution in [0.25, 0.3) is 0 Å². The lowest BCUT2D eigenvalue weighted by atomic mass is 10.1. The van der Waals surface area contributed by atoms with Crippen LogP contribution in [0.1, 0.15) is 23.3 Å². The third kappa shape index (κ3) is 6.85. The number of benzene rings is 2. The fourth-order valence-electron chi connectivity index (χ4n) is 2.59. The molecule has 0 amide bonds. The van der Waals surface area contributed by atoms with Crippen molar-refractivity contribution in [3.8, 4) is 9.85 Å². The van der Waals surface area contributed by atoms with Crippen molar-refractivity contribution < 1.29 is 28.5 Å². The Balaban J connectivity index is 2.01. The molecule has 2 rings (SSSR count). The Labute approximate surface area is 183 Å². The first-order valence-electron chi connectivity index (χ1n) is 8.74. The SMILES string of the molecule is CO[C@@H](C(=O)OC[C@@H](C#CI)OC(=O)[C@H](OC)c1ccccc1)c1ccccc1. The summed E-state index contributed by atoms with van der Waals surface area (Å²) in [6.45, 7) is -0.224. The van der Waals surface area contributed by atoms with Gasteiger partial charge in [0.1, 0.15) is 6.61 Å². The van der Waals surface area contributed by atoms with Crippen molar-refractivity contribution in [1.29, 1.82) is 0 Å². The molecule has 0 heterocycles. The van der Waals surface area contributed by atoms with Crippen molar-refractivity contribution in [1.82, 2.24) is 0 Å². The van der Waals surface area contributed by atoms with Crippen LogP contribution in [0.4, 0.5) is 0 Å². The quantitative estimate of drug-likeness (QED) is 0.293. The van der Waals surface area contributed by atoms with E-state index < -0.39 is 30.3 Å². The van der Waals surface area contributed by atoms with E-state index in [0.717, 1.165) is 0 Å². The molecule has 0 radical (unpaired) electrons. The molecule has 2 aromatic rings. The molecule has 152 valence electrons. The third-order valence-electron chi connectivity index (χ3n) is 3.96. The molecule has 0 bridgehead atoms. The predicted molar refractivity (Wildman–Crippen MR) is 115 cm³/mol. The Bertz CT molecular complexity index is 844. The smallest absolute Gasteiger partial charge is 0.341 e. The van der Waals surface area contributed by atoms with Crippen LogP contribution in [0.5, 0.6) is 0 Å². The minimum Gasteiger partial charge on any atom is -0.458 e. The molecule has 0 saturated carbocycles. The van der Waals surface area contributed by atoms with E-state index in [1.807, 2.05) is 34.7 Å². The second-order valence-corrected chi connectivity index (χ2v) is 6.39. The van der Waals surface area contributed by atoms with E-state index >= 15 is 0 Å². The number of ether oxygens (including phenoxy) is 4. The maximum Gasteiger partial charge on any atom is 0.341 e. The monoisotopic (exact) mass is 508 g/mol. The van der Waals surface area contributed by atoms with Crippen LogP contribution < -0.4 is 0 Å². The number of halogens is 1. The highest BCUT2D eigenvalue weighted by molar-refractivity contribution is 14.1. The summed E-state index contributed by atoms with van der Waals surface area (Å²) in [7, 11) is 2.84. The molecule has 29 heavy (non-hydrogen) atoms. The molecule has 6 nitrogen and oxygen atoms in total. The normalized spacial score (nSPS) is 13.3. The molecule has 0 spiro atoms. The van der Waals surface area contributed by atoms with Crippen molar-refractivity contribution in [2.75, 3.05) is 20.8 Å². The van der Waals surface area contributed by atoms with Gasteiger partial charge in [0.05, 0.1) is 0 Å². The lowest BCUT2D eigenvalue weighted by Crippen LogP contribution is -2.29. The predicted octanol–water partition coefficient (Wildman–Crippen LogP) is 3.61. The first kappa shape index (κ1) is 22.9. The second kappa shape index (κ2) is 12.2. The third-order valence-corrected chi connectivity index (χ3v) is 4.27. The van der Waals surface area contributed by atoms with Gasteiger partial charge in [-0.15, -0.1) is 0 Å². The molecule has 0 aromatic heterocycles. The average molecular weight is 508 g/mol. The Morgan fingerprint density at radius 2 is 1.34 bits per heavy atom. The van der Waals surface area contributed by atoms with Gasteiger partial charge in [-0.05, 0) is 21.0 Å². The van der Waals surface area contributed by atoms with Crippen LogP contribution in [-0.4, -0.2) is 38.9 Å². The number of carbonyl (C=O) groups excluding carboxylic acids is 2. The number of carbonyl (C=O) groups is 2. The summed E-state index contributed by atoms with van der Waals surface area (Å²) in [5.41, 5.74) is 1.32. The zero-order valence-electron chi connectivity index (χ0n) is 16.0. The van der Waals surface area contributed by atoms with Crippen molar-refractivity contribution in [3.05, 3.63) is 71.8 Å². The molecule has 0 unspecified atom stereocenters. The molecule has 3 atom stereocenters. The van der Waals surface area contributed by atoms with E-state index in [1.54, 1.807) is 48.5 Å². The average Bonchev–Trinajstić information content (AvgIpc) is 2.75. The lowest BCUT2D eigenvalue weighted by Gasteiger charge is -2.19. The zero-order valence-corrected chi connectivity index (χ0v) is 18.2. The Hall–Kier alpha value is -2.41. The Kier molecular flexibility index (Phi) is 9.64. The Morgan fingerprint density at radius 3 is 1.79 bits per heavy atom. The summed E-state index contributed by atoms with van der Waals surface area (Å²) < 4.78 is 23.9. The van der Waals surface area contributed by atoms with Crippen molar-refractivity contribution in [2.45, 2.75) is 18.3 Å². The van der Waals surface area contributed by atoms with E-state index in [0.29, 0.717) is 11.1 Å². The maximum atomic E-state index is 12.5. The minimum absolute atomic E-state index is 0.224. The lowest BCUT2D eigenvalue weighted by molar-refractivity contribution is -0.168. The molecule has 0 aliphatic heterocycles. The van der Waals surface area contributed by atoms with E-state index in [2.05, 4.69) is 9.85 Å². The maximum absolute atomic E-state index is 12.5. The highest BCUT2D eigenvalue weighted by Crippen LogP contribution is 2.20. The van der Waals surface area contributed by atoms with Crippen molar-refractivity contribution >= 4 is 34.5 Å². The summed E-state index contributed by atoms with van der Waals surface area (Å²) in [5.74, 6) is 1.50. The van der Waals surface area contributed by atoms with E-state index in [9.17, 15) is 9.59 Å². The van der Waals surface area contributed by atoms with E-state index in [-0.39, 0.29) is 6.61 Å². The van der Waals surface area contributed by atoms with Crippen LogP contribution >= 0.6 is 22.6 Å². The summed E-state index contributed by atoms with van der Waals surface area (Å²) in [5, 5.41) is 0. The van der Waals surface area contributed by atoms with Gasteiger partial charge < -0.3 is 18.9 Å². The fourth-order valence-corrected chi connectivity index (χ4v) is 2.94. The van der Waals surface area contributed by atoms with E-state index in [4.69, 9.17) is 18.9 Å². The number of methoxy groups -OCH3 is 2. The number of esters is 2. The molecule has 2 aromatic carbocycles. The topological polar surface area (TPSA) is 71.1 Å². The number of hydrogen-bond acceptors (Lipinski definition) is 6. The van der Waals surface area contributed by atoms with Gasteiger partial charge in [-0.3, -0.25) is 0 Å². The zero-order chi connectivity index (χ0) is 21.1. The highest BCUT2D eigenvalue weighted by atomic mass is 127. The number of rotatable bonds is 9. The van der Waals surface area contributed by atoms with Gasteiger partial charge in [0.2, 0.25) is 0 Å². The molecular weight excluding hydrogens is 487 g/mol. The fraction of sp³-hybridized carbons (Fsp3) is 0.273. The second-order valence-electron chi connectivity index (χ2n) is 5.85. The van der Waals surface area contributed by atoms with Gasteiger partial charge >= 0.3 is 11.9 Å². The van der Waals surface area contributed by atoms with Crippen LogP contribution in [-0.2, 0) is 28.5 Å². The molecule has 0 fully saturated rings. The molecule has 0 N–H and O–H groups in total. The molecule has 0 aliphatic carbocycles. The van der Waals surface area contributed by atoms with Gasteiger partial charge in [-0.25, -0.2) is 9.59 Å². The summed E-state index contributed by atoms with van der Waals surface area (Å²) in [6.07, 6.45) is -2.71. The van der Waals surface area contributed by atoms with Gasteiger partial charge in [0.15, 0.2) is 18.3 Å². The summed E-state index contributed by atoms with van der Waals surface area (Å²) in [4.78, 5) is 25.0. The summed E-state index contributed by atoms with van der Waals surface area (Å²) >= 11 is 1.83. The summed E-state index contributed by atoms with van der Waals surface area (Å²) in [6, 6.07) is 17.9.